The van der Waals surface area contributed by atoms with Gasteiger partial charge in [-0.05, 0) is 66.6 Å². The number of benzene rings is 2. The molecule has 0 atom stereocenters. The number of imidazole rings is 1. The predicted octanol–water partition coefficient (Wildman–Crippen LogP) is 6.03. The van der Waals surface area contributed by atoms with E-state index in [0.717, 1.165) is 16.4 Å². The summed E-state index contributed by atoms with van der Waals surface area (Å²) in [7, 11) is -4.18. The van der Waals surface area contributed by atoms with Crippen LogP contribution in [0.4, 0.5) is 19.0 Å². The second-order valence-corrected chi connectivity index (χ2v) is 10.8. The molecule has 0 aliphatic carbocycles. The third kappa shape index (κ3) is 5.57. The number of nitrogens with zero attached hydrogens (tertiary/aromatic N) is 5. The molecule has 39 heavy (non-hydrogen) atoms. The number of aryl methyl sites for hydroxylation is 1. The SMILES string of the molecule is CCc1c(N(Cc2ccc(OC(F)(F)F)cc2)S(=O)(=O)c2ccc(-n3cccn3)cc2)nc2ccc(Cl)cn12. The number of anilines is 1. The Morgan fingerprint density at radius 1 is 1.03 bits per heavy atom. The fourth-order valence-electron chi connectivity index (χ4n) is 4.14. The first kappa shape index (κ1) is 26.6. The zero-order valence-corrected chi connectivity index (χ0v) is 22.0. The van der Waals surface area contributed by atoms with E-state index in [4.69, 9.17) is 11.6 Å². The molecular weight excluding hydrogens is 555 g/mol. The highest BCUT2D eigenvalue weighted by Crippen LogP contribution is 2.32. The zero-order valence-electron chi connectivity index (χ0n) is 20.4. The number of aromatic nitrogens is 4. The fraction of sp³-hybridized carbons (Fsp3) is 0.154. The van der Waals surface area contributed by atoms with Gasteiger partial charge in [0.15, 0.2) is 5.82 Å². The maximum atomic E-state index is 14.1. The molecule has 13 heteroatoms. The molecule has 0 spiro atoms. The van der Waals surface area contributed by atoms with E-state index < -0.39 is 22.1 Å². The smallest absolute Gasteiger partial charge is 0.406 e. The Kier molecular flexibility index (Phi) is 7.00. The topological polar surface area (TPSA) is 81.7 Å². The van der Waals surface area contributed by atoms with E-state index in [1.807, 2.05) is 6.92 Å². The number of rotatable bonds is 8. The lowest BCUT2D eigenvalue weighted by atomic mass is 10.2. The molecule has 0 N–H and O–H groups in total. The summed E-state index contributed by atoms with van der Waals surface area (Å²) in [4.78, 5) is 4.61. The summed E-state index contributed by atoms with van der Waals surface area (Å²) in [6.45, 7) is 1.67. The Morgan fingerprint density at radius 3 is 2.36 bits per heavy atom. The maximum Gasteiger partial charge on any atom is 0.573 e. The molecule has 0 aliphatic rings. The molecule has 0 amide bonds. The molecule has 0 saturated carbocycles. The van der Waals surface area contributed by atoms with Crippen LogP contribution in [0.25, 0.3) is 11.3 Å². The van der Waals surface area contributed by atoms with Crippen molar-refractivity contribution in [3.8, 4) is 11.4 Å². The fourth-order valence-corrected chi connectivity index (χ4v) is 5.73. The van der Waals surface area contributed by atoms with Crippen molar-refractivity contribution in [3.63, 3.8) is 0 Å². The second-order valence-electron chi connectivity index (χ2n) is 8.46. The van der Waals surface area contributed by atoms with Crippen LogP contribution in [0.3, 0.4) is 0 Å². The van der Waals surface area contributed by atoms with Crippen LogP contribution in [0.5, 0.6) is 5.75 Å². The highest BCUT2D eigenvalue weighted by molar-refractivity contribution is 7.92. The average Bonchev–Trinajstić information content (AvgIpc) is 3.55. The van der Waals surface area contributed by atoms with Crippen LogP contribution in [0.1, 0.15) is 18.2 Å². The Morgan fingerprint density at radius 2 is 1.74 bits per heavy atom. The summed E-state index contributed by atoms with van der Waals surface area (Å²) in [6, 6.07) is 16.3. The van der Waals surface area contributed by atoms with Crippen LogP contribution in [0, 0.1) is 0 Å². The molecule has 3 heterocycles. The maximum absolute atomic E-state index is 14.1. The van der Waals surface area contributed by atoms with Crippen molar-refractivity contribution in [2.24, 2.45) is 0 Å². The highest BCUT2D eigenvalue weighted by atomic mass is 35.5. The van der Waals surface area contributed by atoms with Crippen molar-refractivity contribution in [2.45, 2.75) is 31.1 Å². The Balaban J connectivity index is 1.58. The van der Waals surface area contributed by atoms with E-state index in [9.17, 15) is 21.6 Å². The van der Waals surface area contributed by atoms with Gasteiger partial charge in [-0.1, -0.05) is 30.7 Å². The van der Waals surface area contributed by atoms with E-state index in [-0.39, 0.29) is 17.3 Å². The van der Waals surface area contributed by atoms with Crippen molar-refractivity contribution < 1.29 is 26.3 Å². The van der Waals surface area contributed by atoms with Gasteiger partial charge in [0.1, 0.15) is 11.4 Å². The van der Waals surface area contributed by atoms with E-state index in [1.165, 1.54) is 24.3 Å². The van der Waals surface area contributed by atoms with Gasteiger partial charge in [-0.25, -0.2) is 22.4 Å². The minimum atomic E-state index is -4.84. The molecule has 5 aromatic rings. The van der Waals surface area contributed by atoms with Crippen molar-refractivity contribution in [3.05, 3.63) is 102 Å². The van der Waals surface area contributed by atoms with Crippen molar-refractivity contribution in [1.82, 2.24) is 19.2 Å². The summed E-state index contributed by atoms with van der Waals surface area (Å²) in [5.41, 5.74) is 2.19. The molecule has 0 unspecified atom stereocenters. The average molecular weight is 576 g/mol. The molecule has 0 aliphatic heterocycles. The van der Waals surface area contributed by atoms with Crippen molar-refractivity contribution >= 4 is 33.1 Å². The first-order chi connectivity index (χ1) is 18.5. The number of hydrogen-bond donors (Lipinski definition) is 0. The summed E-state index contributed by atoms with van der Waals surface area (Å²) in [5, 5.41) is 4.60. The van der Waals surface area contributed by atoms with Crippen LogP contribution in [0.2, 0.25) is 5.02 Å². The molecule has 0 saturated heterocycles. The van der Waals surface area contributed by atoms with Gasteiger partial charge in [0.25, 0.3) is 10.0 Å². The van der Waals surface area contributed by atoms with Gasteiger partial charge in [0.05, 0.1) is 27.8 Å². The van der Waals surface area contributed by atoms with E-state index in [2.05, 4.69) is 14.8 Å². The molecule has 3 aromatic heterocycles. The lowest BCUT2D eigenvalue weighted by Crippen LogP contribution is -2.31. The minimum absolute atomic E-state index is 0.00701. The molecule has 0 radical (unpaired) electrons. The van der Waals surface area contributed by atoms with Gasteiger partial charge in [0.2, 0.25) is 0 Å². The van der Waals surface area contributed by atoms with Crippen molar-refractivity contribution in [1.29, 1.82) is 0 Å². The molecule has 8 nitrogen and oxygen atoms in total. The van der Waals surface area contributed by atoms with Gasteiger partial charge in [-0.3, -0.25) is 0 Å². The monoisotopic (exact) mass is 575 g/mol. The predicted molar refractivity (Wildman–Crippen MR) is 140 cm³/mol. The van der Waals surface area contributed by atoms with E-state index >= 15 is 0 Å². The summed E-state index contributed by atoms with van der Waals surface area (Å²) < 4.78 is 74.4. The van der Waals surface area contributed by atoms with E-state index in [1.54, 1.807) is 58.0 Å². The Bertz CT molecular complexity index is 1700. The standard InChI is InChI=1S/C26H21ClF3N5O3S/c1-2-23-25(32-24-13-6-19(27)17-33(23)24)35(16-18-4-9-21(10-5-18)38-26(28,29)30)39(36,37)22-11-7-20(8-12-22)34-15-3-14-31-34/h3-15,17H,2,16H2,1H3. The van der Waals surface area contributed by atoms with Crippen LogP contribution in [-0.4, -0.2) is 33.9 Å². The van der Waals surface area contributed by atoms with Crippen molar-refractivity contribution in [2.75, 3.05) is 4.31 Å². The molecule has 5 rings (SSSR count). The highest BCUT2D eigenvalue weighted by Gasteiger charge is 2.32. The number of pyridine rings is 1. The van der Waals surface area contributed by atoms with Gasteiger partial charge < -0.3 is 9.14 Å². The zero-order chi connectivity index (χ0) is 27.8. The first-order valence-electron chi connectivity index (χ1n) is 11.7. The number of halogens is 4. The van der Waals surface area contributed by atoms with Gasteiger partial charge >= 0.3 is 6.36 Å². The van der Waals surface area contributed by atoms with Crippen LogP contribution in [-0.2, 0) is 23.0 Å². The van der Waals surface area contributed by atoms with Crippen LogP contribution in [0.15, 0.2) is 90.2 Å². The minimum Gasteiger partial charge on any atom is -0.406 e. The summed E-state index contributed by atoms with van der Waals surface area (Å²) >= 11 is 6.19. The Labute approximate surface area is 226 Å². The number of fused-ring (bicyclic) bond motifs is 1. The lowest BCUT2D eigenvalue weighted by molar-refractivity contribution is -0.274. The molecule has 0 fully saturated rings. The quantitative estimate of drug-likeness (QED) is 0.226. The van der Waals surface area contributed by atoms with Crippen LogP contribution >= 0.6 is 11.6 Å². The molecular formula is C26H21ClF3N5O3S. The largest absolute Gasteiger partial charge is 0.573 e. The number of ether oxygens (including phenoxy) is 1. The summed E-state index contributed by atoms with van der Waals surface area (Å²) in [6.07, 6.45) is 0.586. The second kappa shape index (κ2) is 10.3. The van der Waals surface area contributed by atoms with Gasteiger partial charge in [0, 0.05) is 18.6 Å². The van der Waals surface area contributed by atoms with Crippen LogP contribution < -0.4 is 9.04 Å². The third-order valence-electron chi connectivity index (χ3n) is 5.91. The molecule has 0 bridgehead atoms. The van der Waals surface area contributed by atoms with E-state index in [0.29, 0.717) is 34.0 Å². The van der Waals surface area contributed by atoms with Gasteiger partial charge in [-0.2, -0.15) is 5.10 Å². The summed E-state index contributed by atoms with van der Waals surface area (Å²) in [5.74, 6) is -0.224. The first-order valence-corrected chi connectivity index (χ1v) is 13.5. The third-order valence-corrected chi connectivity index (χ3v) is 7.88. The normalized spacial score (nSPS) is 12.1. The molecule has 2 aromatic carbocycles. The molecule has 202 valence electrons. The lowest BCUT2D eigenvalue weighted by Gasteiger charge is -2.24. The number of hydrogen-bond acceptors (Lipinski definition) is 5. The number of alkyl halides is 3. The number of sulfonamides is 1. The Hall–Kier alpha value is -4.03. The van der Waals surface area contributed by atoms with Gasteiger partial charge in [-0.15, -0.1) is 13.2 Å².